The van der Waals surface area contributed by atoms with Gasteiger partial charge in [0.15, 0.2) is 0 Å². The fourth-order valence-electron chi connectivity index (χ4n) is 1.81. The minimum absolute atomic E-state index is 0.197. The van der Waals surface area contributed by atoms with Gasteiger partial charge in [-0.1, -0.05) is 18.2 Å². The summed E-state index contributed by atoms with van der Waals surface area (Å²) < 4.78 is 5.49. The Labute approximate surface area is 128 Å². The van der Waals surface area contributed by atoms with Crippen LogP contribution in [0, 0.1) is 13.8 Å². The molecule has 1 heterocycles. The van der Waals surface area contributed by atoms with Gasteiger partial charge in [0, 0.05) is 4.88 Å². The Hall–Kier alpha value is -2.08. The molecule has 1 aromatic heterocycles. The smallest absolute Gasteiger partial charge is 0.315 e. The van der Waals surface area contributed by atoms with E-state index in [1.165, 1.54) is 0 Å². The van der Waals surface area contributed by atoms with Gasteiger partial charge in [-0.05, 0) is 26.0 Å². The summed E-state index contributed by atoms with van der Waals surface area (Å²) in [7, 11) is 0. The van der Waals surface area contributed by atoms with E-state index in [1.54, 1.807) is 11.3 Å². The number of nitrogens with zero attached hydrogens (tertiary/aromatic N) is 1. The predicted molar refractivity (Wildman–Crippen MR) is 83.8 cm³/mol. The van der Waals surface area contributed by atoms with Crippen LogP contribution in [0.4, 0.5) is 4.79 Å². The molecule has 0 saturated heterocycles. The quantitative estimate of drug-likeness (QED) is 0.806. The third kappa shape index (κ3) is 5.07. The molecule has 1 aromatic carbocycles. The van der Waals surface area contributed by atoms with Crippen LogP contribution in [0.2, 0.25) is 0 Å². The number of ether oxygens (including phenoxy) is 1. The molecule has 0 aliphatic carbocycles. The van der Waals surface area contributed by atoms with Crippen molar-refractivity contribution in [1.29, 1.82) is 0 Å². The lowest BCUT2D eigenvalue weighted by molar-refractivity contribution is 0.236. The number of aryl methyl sites for hydroxylation is 2. The van der Waals surface area contributed by atoms with Gasteiger partial charge in [-0.15, -0.1) is 11.3 Å². The first-order valence-corrected chi connectivity index (χ1v) is 7.59. The van der Waals surface area contributed by atoms with Crippen molar-refractivity contribution in [2.45, 2.75) is 20.4 Å². The van der Waals surface area contributed by atoms with Gasteiger partial charge in [-0.2, -0.15) is 0 Å². The van der Waals surface area contributed by atoms with Crippen LogP contribution in [0.15, 0.2) is 30.3 Å². The van der Waals surface area contributed by atoms with Gasteiger partial charge in [-0.3, -0.25) is 0 Å². The number of nitrogens with one attached hydrogen (secondary N) is 2. The molecular weight excluding hydrogens is 286 g/mol. The summed E-state index contributed by atoms with van der Waals surface area (Å²) in [4.78, 5) is 17.1. The Morgan fingerprint density at radius 2 is 2.00 bits per heavy atom. The molecule has 21 heavy (non-hydrogen) atoms. The maximum Gasteiger partial charge on any atom is 0.315 e. The van der Waals surface area contributed by atoms with Crippen LogP contribution in [0.5, 0.6) is 5.75 Å². The van der Waals surface area contributed by atoms with E-state index in [0.29, 0.717) is 19.7 Å². The number of amides is 2. The molecule has 112 valence electrons. The number of thiazole rings is 1. The highest BCUT2D eigenvalue weighted by atomic mass is 32.1. The monoisotopic (exact) mass is 305 g/mol. The summed E-state index contributed by atoms with van der Waals surface area (Å²) in [5, 5.41) is 6.59. The first-order valence-electron chi connectivity index (χ1n) is 6.77. The predicted octanol–water partition coefficient (Wildman–Crippen LogP) is 2.64. The van der Waals surface area contributed by atoms with Crippen LogP contribution >= 0.6 is 11.3 Å². The summed E-state index contributed by atoms with van der Waals surface area (Å²) in [5.41, 5.74) is 0.977. The fraction of sp³-hybridized carbons (Fsp3) is 0.333. The van der Waals surface area contributed by atoms with Gasteiger partial charge in [0.05, 0.1) is 23.8 Å². The number of hydrogen-bond donors (Lipinski definition) is 2. The van der Waals surface area contributed by atoms with Crippen LogP contribution < -0.4 is 15.4 Å². The molecule has 2 N–H and O–H groups in total. The topological polar surface area (TPSA) is 63.2 Å². The van der Waals surface area contributed by atoms with Gasteiger partial charge >= 0.3 is 6.03 Å². The van der Waals surface area contributed by atoms with E-state index in [-0.39, 0.29) is 6.03 Å². The maximum atomic E-state index is 11.7. The second-order valence-corrected chi connectivity index (χ2v) is 5.80. The highest BCUT2D eigenvalue weighted by Gasteiger charge is 2.06. The Kier molecular flexibility index (Phi) is 5.57. The highest BCUT2D eigenvalue weighted by molar-refractivity contribution is 7.11. The minimum atomic E-state index is -0.197. The van der Waals surface area contributed by atoms with Gasteiger partial charge in [0.1, 0.15) is 12.4 Å². The molecule has 2 rings (SSSR count). The maximum absolute atomic E-state index is 11.7. The molecule has 0 atom stereocenters. The molecule has 0 aliphatic heterocycles. The summed E-state index contributed by atoms with van der Waals surface area (Å²) in [5.74, 6) is 0.801. The molecule has 0 spiro atoms. The molecule has 0 unspecified atom stereocenters. The van der Waals surface area contributed by atoms with E-state index >= 15 is 0 Å². The normalized spacial score (nSPS) is 10.2. The van der Waals surface area contributed by atoms with E-state index in [0.717, 1.165) is 21.3 Å². The van der Waals surface area contributed by atoms with Crippen molar-refractivity contribution in [3.05, 3.63) is 45.9 Å². The number of carbonyl (C=O) groups excluding carboxylic acids is 1. The molecule has 0 aliphatic rings. The summed E-state index contributed by atoms with van der Waals surface area (Å²) in [6.45, 7) is 5.31. The zero-order valence-electron chi connectivity index (χ0n) is 12.2. The van der Waals surface area contributed by atoms with Crippen LogP contribution in [-0.4, -0.2) is 24.2 Å². The summed E-state index contributed by atoms with van der Waals surface area (Å²) >= 11 is 1.60. The summed E-state index contributed by atoms with van der Waals surface area (Å²) in [6, 6.07) is 9.33. The number of hydrogen-bond acceptors (Lipinski definition) is 4. The minimum Gasteiger partial charge on any atom is -0.492 e. The number of benzene rings is 1. The lowest BCUT2D eigenvalue weighted by atomic mass is 10.3. The molecular formula is C15H19N3O2S. The highest BCUT2D eigenvalue weighted by Crippen LogP contribution is 2.16. The lowest BCUT2D eigenvalue weighted by Gasteiger charge is -2.08. The van der Waals surface area contributed by atoms with E-state index in [9.17, 15) is 4.79 Å². The van der Waals surface area contributed by atoms with Crippen molar-refractivity contribution >= 4 is 17.4 Å². The Morgan fingerprint density at radius 3 is 2.67 bits per heavy atom. The standard InChI is InChI=1S/C15H19N3O2S/c1-11-14(21-12(2)18-11)10-17-15(19)16-8-9-20-13-6-4-3-5-7-13/h3-7H,8-10H2,1-2H3,(H2,16,17,19). The van der Waals surface area contributed by atoms with Crippen LogP contribution in [0.3, 0.4) is 0 Å². The molecule has 2 aromatic rings. The number of para-hydroxylation sites is 1. The van der Waals surface area contributed by atoms with Crippen LogP contribution in [-0.2, 0) is 6.54 Å². The number of aromatic nitrogens is 1. The molecule has 2 amide bonds. The lowest BCUT2D eigenvalue weighted by Crippen LogP contribution is -2.37. The van der Waals surface area contributed by atoms with E-state index in [4.69, 9.17) is 4.74 Å². The van der Waals surface area contributed by atoms with Crippen molar-refractivity contribution in [1.82, 2.24) is 15.6 Å². The zero-order chi connectivity index (χ0) is 15.1. The van der Waals surface area contributed by atoms with Gasteiger partial charge in [0.2, 0.25) is 0 Å². The molecule has 5 nitrogen and oxygen atoms in total. The molecule has 0 radical (unpaired) electrons. The number of urea groups is 1. The van der Waals surface area contributed by atoms with Crippen LogP contribution in [0.25, 0.3) is 0 Å². The molecule has 0 fully saturated rings. The van der Waals surface area contributed by atoms with Crippen LogP contribution in [0.1, 0.15) is 15.6 Å². The zero-order valence-corrected chi connectivity index (χ0v) is 13.0. The SMILES string of the molecule is Cc1nc(C)c(CNC(=O)NCCOc2ccccc2)s1. The molecule has 6 heteroatoms. The first-order chi connectivity index (χ1) is 10.1. The molecule has 0 saturated carbocycles. The second-order valence-electron chi connectivity index (χ2n) is 4.51. The average molecular weight is 305 g/mol. The largest absolute Gasteiger partial charge is 0.492 e. The van der Waals surface area contributed by atoms with E-state index in [1.807, 2.05) is 44.2 Å². The number of carbonyl (C=O) groups is 1. The van der Waals surface area contributed by atoms with Crippen molar-refractivity contribution in [2.24, 2.45) is 0 Å². The van der Waals surface area contributed by atoms with E-state index < -0.39 is 0 Å². The second kappa shape index (κ2) is 7.64. The van der Waals surface area contributed by atoms with Crippen molar-refractivity contribution in [3.63, 3.8) is 0 Å². The average Bonchev–Trinajstić information content (AvgIpc) is 2.80. The fourth-order valence-corrected chi connectivity index (χ4v) is 2.69. The summed E-state index contributed by atoms with van der Waals surface area (Å²) in [6.07, 6.45) is 0. The van der Waals surface area contributed by atoms with Gasteiger partial charge in [0.25, 0.3) is 0 Å². The van der Waals surface area contributed by atoms with Crippen molar-refractivity contribution in [2.75, 3.05) is 13.2 Å². The number of rotatable bonds is 6. The third-order valence-corrected chi connectivity index (χ3v) is 3.88. The Morgan fingerprint density at radius 1 is 1.24 bits per heavy atom. The van der Waals surface area contributed by atoms with Gasteiger partial charge in [-0.25, -0.2) is 9.78 Å². The van der Waals surface area contributed by atoms with Gasteiger partial charge < -0.3 is 15.4 Å². The van der Waals surface area contributed by atoms with Crippen molar-refractivity contribution < 1.29 is 9.53 Å². The third-order valence-electron chi connectivity index (χ3n) is 2.81. The molecule has 0 bridgehead atoms. The van der Waals surface area contributed by atoms with Crippen molar-refractivity contribution in [3.8, 4) is 5.75 Å². The Balaban J connectivity index is 1.63. The van der Waals surface area contributed by atoms with E-state index in [2.05, 4.69) is 15.6 Å². The Bertz CT molecular complexity index is 584. The first kappa shape index (κ1) is 15.3.